The van der Waals surface area contributed by atoms with E-state index in [0.717, 1.165) is 5.75 Å². The van der Waals surface area contributed by atoms with Gasteiger partial charge in [0.2, 0.25) is 18.5 Å². The van der Waals surface area contributed by atoms with Crippen molar-refractivity contribution in [3.8, 4) is 34.3 Å². The Morgan fingerprint density at radius 1 is 1.09 bits per heavy atom. The minimum Gasteiger partial charge on any atom is -0.494 e. The summed E-state index contributed by atoms with van der Waals surface area (Å²) >= 11 is 0. The first kappa shape index (κ1) is 19.9. The molecule has 2 aromatic carbocycles. The molecule has 34 heavy (non-hydrogen) atoms. The molecule has 0 bridgehead atoms. The smallest absolute Gasteiger partial charge is 0.284 e. The number of nitrogens with zero attached hydrogens (tertiary/aromatic N) is 7. The van der Waals surface area contributed by atoms with Crippen molar-refractivity contribution < 1.29 is 18.7 Å². The maximum absolute atomic E-state index is 13.0. The molecule has 12 nitrogen and oxygen atoms in total. The highest BCUT2D eigenvalue weighted by atomic mass is 16.7. The van der Waals surface area contributed by atoms with Crippen LogP contribution in [0.2, 0.25) is 0 Å². The molecule has 4 heterocycles. The third kappa shape index (κ3) is 3.41. The van der Waals surface area contributed by atoms with Gasteiger partial charge >= 0.3 is 0 Å². The number of fused-ring (bicyclic) bond motifs is 2. The Bertz CT molecular complexity index is 1550. The van der Waals surface area contributed by atoms with Crippen LogP contribution in [0.5, 0.6) is 17.2 Å². The van der Waals surface area contributed by atoms with Gasteiger partial charge in [-0.2, -0.15) is 9.67 Å². The summed E-state index contributed by atoms with van der Waals surface area (Å²) in [7, 11) is 0. The van der Waals surface area contributed by atoms with E-state index in [-0.39, 0.29) is 30.3 Å². The van der Waals surface area contributed by atoms with Crippen LogP contribution in [0.25, 0.3) is 28.2 Å². The Balaban J connectivity index is 1.27. The van der Waals surface area contributed by atoms with Crippen molar-refractivity contribution in [1.29, 1.82) is 0 Å². The topological polar surface area (TPSA) is 132 Å². The lowest BCUT2D eigenvalue weighted by Crippen LogP contribution is -2.21. The third-order valence-corrected chi connectivity index (χ3v) is 5.23. The van der Waals surface area contributed by atoms with E-state index in [1.54, 1.807) is 18.2 Å². The molecule has 0 saturated heterocycles. The van der Waals surface area contributed by atoms with Crippen LogP contribution in [-0.4, -0.2) is 48.1 Å². The molecule has 0 N–H and O–H groups in total. The molecule has 0 spiro atoms. The largest absolute Gasteiger partial charge is 0.494 e. The number of ether oxygens (including phenoxy) is 3. The van der Waals surface area contributed by atoms with Gasteiger partial charge in [0.05, 0.1) is 12.3 Å². The first-order valence-corrected chi connectivity index (χ1v) is 10.5. The summed E-state index contributed by atoms with van der Waals surface area (Å²) in [4.78, 5) is 21.8. The molecule has 0 amide bonds. The summed E-state index contributed by atoms with van der Waals surface area (Å²) in [5.41, 5.74) is 1.52. The molecule has 6 rings (SSSR count). The second kappa shape index (κ2) is 7.99. The van der Waals surface area contributed by atoms with Crippen molar-refractivity contribution in [3.05, 3.63) is 65.0 Å². The molecule has 0 atom stereocenters. The lowest BCUT2D eigenvalue weighted by molar-refractivity contribution is 0.174. The summed E-state index contributed by atoms with van der Waals surface area (Å²) in [6.45, 7) is 2.71. The van der Waals surface area contributed by atoms with Crippen LogP contribution in [0, 0.1) is 0 Å². The van der Waals surface area contributed by atoms with Crippen molar-refractivity contribution >= 4 is 11.2 Å². The minimum atomic E-state index is -0.370. The van der Waals surface area contributed by atoms with Crippen molar-refractivity contribution in [1.82, 2.24) is 34.7 Å². The second-order valence-electron chi connectivity index (χ2n) is 7.36. The van der Waals surface area contributed by atoms with E-state index < -0.39 is 0 Å². The lowest BCUT2D eigenvalue weighted by Gasteiger charge is -2.05. The first-order valence-electron chi connectivity index (χ1n) is 10.5. The highest BCUT2D eigenvalue weighted by Crippen LogP contribution is 2.35. The van der Waals surface area contributed by atoms with E-state index in [0.29, 0.717) is 40.8 Å². The van der Waals surface area contributed by atoms with Gasteiger partial charge in [0.25, 0.3) is 5.56 Å². The van der Waals surface area contributed by atoms with Crippen LogP contribution in [-0.2, 0) is 6.54 Å². The fourth-order valence-electron chi connectivity index (χ4n) is 3.60. The average molecular weight is 459 g/mol. The highest BCUT2D eigenvalue weighted by Gasteiger charge is 2.18. The van der Waals surface area contributed by atoms with Gasteiger partial charge in [-0.25, -0.2) is 4.98 Å². The zero-order chi connectivity index (χ0) is 23.1. The van der Waals surface area contributed by atoms with Gasteiger partial charge in [-0.1, -0.05) is 10.4 Å². The molecule has 0 saturated carbocycles. The number of aromatic nitrogens is 7. The number of hydrogen-bond acceptors (Lipinski definition) is 10. The van der Waals surface area contributed by atoms with Gasteiger partial charge in [0, 0.05) is 5.56 Å². The number of benzene rings is 2. The van der Waals surface area contributed by atoms with Crippen LogP contribution < -0.4 is 19.8 Å². The molecule has 0 aliphatic carbocycles. The molecular formula is C22H17N7O5. The second-order valence-corrected chi connectivity index (χ2v) is 7.36. The molecule has 3 aromatic heterocycles. The standard InChI is InChI=1S/C22H17N7O5/c1-2-31-15-6-4-14(5-7-15)29-21-19(25-27-29)22(30)28(11-23-21)10-18-24-20(26-34-18)13-3-8-16-17(9-13)33-12-32-16/h3-9,11H,2,10,12H2,1H3. The van der Waals surface area contributed by atoms with Crippen LogP contribution in [0.3, 0.4) is 0 Å². The lowest BCUT2D eigenvalue weighted by atomic mass is 10.2. The van der Waals surface area contributed by atoms with E-state index >= 15 is 0 Å². The first-order chi connectivity index (χ1) is 16.7. The quantitative estimate of drug-likeness (QED) is 0.372. The molecule has 0 unspecified atom stereocenters. The Hall–Kier alpha value is -4.74. The maximum Gasteiger partial charge on any atom is 0.284 e. The van der Waals surface area contributed by atoms with Crippen molar-refractivity contribution in [2.75, 3.05) is 13.4 Å². The minimum absolute atomic E-state index is 0.0369. The summed E-state index contributed by atoms with van der Waals surface area (Å²) in [6.07, 6.45) is 1.41. The molecule has 170 valence electrons. The van der Waals surface area contributed by atoms with E-state index in [4.69, 9.17) is 18.7 Å². The van der Waals surface area contributed by atoms with E-state index in [2.05, 4.69) is 25.4 Å². The molecule has 12 heteroatoms. The van der Waals surface area contributed by atoms with Crippen molar-refractivity contribution in [2.24, 2.45) is 0 Å². The Morgan fingerprint density at radius 2 is 1.94 bits per heavy atom. The molecular weight excluding hydrogens is 442 g/mol. The third-order valence-electron chi connectivity index (χ3n) is 5.23. The van der Waals surface area contributed by atoms with Crippen LogP contribution in [0.1, 0.15) is 12.8 Å². The van der Waals surface area contributed by atoms with Gasteiger partial charge in [-0.15, -0.1) is 5.10 Å². The zero-order valence-electron chi connectivity index (χ0n) is 17.9. The summed E-state index contributed by atoms with van der Waals surface area (Å²) < 4.78 is 24.4. The SMILES string of the molecule is CCOc1ccc(-n2nnc3c(=O)n(Cc4nc(-c5ccc6c(c5)OCO6)no4)cnc32)cc1. The number of hydrogen-bond donors (Lipinski definition) is 0. The fraction of sp³-hybridized carbons (Fsp3) is 0.182. The van der Waals surface area contributed by atoms with Gasteiger partial charge in [-0.3, -0.25) is 9.36 Å². The van der Waals surface area contributed by atoms with Crippen molar-refractivity contribution in [3.63, 3.8) is 0 Å². The van der Waals surface area contributed by atoms with Crippen molar-refractivity contribution in [2.45, 2.75) is 13.5 Å². The van der Waals surface area contributed by atoms with E-state index in [1.165, 1.54) is 15.6 Å². The monoisotopic (exact) mass is 459 g/mol. The Labute approximate surface area is 191 Å². The van der Waals surface area contributed by atoms with Gasteiger partial charge in [0.15, 0.2) is 22.7 Å². The van der Waals surface area contributed by atoms with E-state index in [1.807, 2.05) is 31.2 Å². The summed E-state index contributed by atoms with van der Waals surface area (Å²) in [6, 6.07) is 12.6. The Morgan fingerprint density at radius 3 is 2.79 bits per heavy atom. The van der Waals surface area contributed by atoms with Gasteiger partial charge < -0.3 is 18.7 Å². The molecule has 0 fully saturated rings. The Kier molecular flexibility index (Phi) is 4.68. The average Bonchev–Trinajstić information content (AvgIpc) is 3.61. The van der Waals surface area contributed by atoms with Crippen LogP contribution in [0.15, 0.2) is 58.1 Å². The molecule has 5 aromatic rings. The zero-order valence-corrected chi connectivity index (χ0v) is 17.9. The number of rotatable bonds is 6. The maximum atomic E-state index is 13.0. The van der Waals surface area contributed by atoms with Crippen LogP contribution in [0.4, 0.5) is 0 Å². The highest BCUT2D eigenvalue weighted by molar-refractivity contribution is 5.70. The van der Waals surface area contributed by atoms with Gasteiger partial charge in [-0.05, 0) is 49.4 Å². The fourth-order valence-corrected chi connectivity index (χ4v) is 3.60. The predicted octanol–water partition coefficient (Wildman–Crippen LogP) is 2.20. The molecule has 1 aliphatic heterocycles. The van der Waals surface area contributed by atoms with Gasteiger partial charge in [0.1, 0.15) is 18.6 Å². The van der Waals surface area contributed by atoms with Crippen LogP contribution >= 0.6 is 0 Å². The molecule has 0 radical (unpaired) electrons. The normalized spacial score (nSPS) is 12.4. The predicted molar refractivity (Wildman–Crippen MR) is 117 cm³/mol. The summed E-state index contributed by atoms with van der Waals surface area (Å²) in [5.74, 6) is 2.64. The summed E-state index contributed by atoms with van der Waals surface area (Å²) in [5, 5.41) is 12.1. The molecule has 1 aliphatic rings. The van der Waals surface area contributed by atoms with E-state index in [9.17, 15) is 4.79 Å².